The Balaban J connectivity index is 1.45. The second-order valence-electron chi connectivity index (χ2n) is 9.58. The van der Waals surface area contributed by atoms with E-state index in [0.717, 1.165) is 11.1 Å². The molecule has 1 N–H and O–H groups in total. The minimum absolute atomic E-state index is 0.107. The fourth-order valence-corrected chi connectivity index (χ4v) is 4.57. The Morgan fingerprint density at radius 1 is 0.700 bits per heavy atom. The monoisotopic (exact) mass is 540 g/mol. The number of carbonyl (C=O) groups is 1. The molecule has 1 saturated heterocycles. The lowest BCUT2D eigenvalue weighted by molar-refractivity contribution is -0.288. The molecule has 7 nitrogen and oxygen atoms in total. The van der Waals surface area contributed by atoms with Gasteiger partial charge in [0.1, 0.15) is 23.7 Å². The quantitative estimate of drug-likeness (QED) is 0.250. The molecule has 7 heteroatoms. The number of hydrogen-bond acceptors (Lipinski definition) is 7. The summed E-state index contributed by atoms with van der Waals surface area (Å²) in [6.07, 6.45) is -3.72. The second-order valence-corrected chi connectivity index (χ2v) is 9.58. The topological polar surface area (TPSA) is 83.5 Å². The number of hydrogen-bond donors (Lipinski definition) is 1. The summed E-state index contributed by atoms with van der Waals surface area (Å²) in [6.45, 7) is 2.49. The van der Waals surface area contributed by atoms with Gasteiger partial charge in [-0.25, -0.2) is 4.79 Å². The molecule has 4 aromatic carbocycles. The van der Waals surface area contributed by atoms with Crippen LogP contribution < -0.4 is 4.74 Å². The van der Waals surface area contributed by atoms with Gasteiger partial charge in [-0.2, -0.15) is 0 Å². The van der Waals surface area contributed by atoms with Gasteiger partial charge >= 0.3 is 5.97 Å². The molecular formula is C33H32O7. The standard InChI is InChI=1S/C33H32O7/c1-23-29(36-21-24-11-5-2-6-12-24)30(37-22-25-13-7-3-8-14-25)31(40-32(35)26-15-9-4-10-16-26)33(38-23)39-28-19-17-27(34)18-20-28/h2-20,23,29-31,33-34H,21-22H2,1H3/t23-,29+,30+,31-,33+/m1/s1. The molecule has 4 aromatic rings. The molecule has 206 valence electrons. The zero-order chi connectivity index (χ0) is 27.7. The van der Waals surface area contributed by atoms with Crippen LogP contribution in [0.5, 0.6) is 11.5 Å². The average molecular weight is 541 g/mol. The lowest BCUT2D eigenvalue weighted by Gasteiger charge is -2.44. The lowest BCUT2D eigenvalue weighted by atomic mass is 9.98. The van der Waals surface area contributed by atoms with E-state index in [0.29, 0.717) is 17.9 Å². The van der Waals surface area contributed by atoms with E-state index in [-0.39, 0.29) is 12.4 Å². The summed E-state index contributed by atoms with van der Waals surface area (Å²) in [5.74, 6) is 0.0233. The van der Waals surface area contributed by atoms with Crippen LogP contribution in [0.25, 0.3) is 0 Å². The number of carbonyl (C=O) groups excluding carboxylic acids is 1. The summed E-state index contributed by atoms with van der Waals surface area (Å²) in [5, 5.41) is 9.72. The number of phenols is 1. The first kappa shape index (κ1) is 27.4. The van der Waals surface area contributed by atoms with Crippen LogP contribution in [0, 0.1) is 0 Å². The van der Waals surface area contributed by atoms with Gasteiger partial charge in [-0.1, -0.05) is 78.9 Å². The van der Waals surface area contributed by atoms with Crippen molar-refractivity contribution >= 4 is 5.97 Å². The third-order valence-electron chi connectivity index (χ3n) is 6.64. The minimum atomic E-state index is -0.996. The maximum absolute atomic E-state index is 13.3. The van der Waals surface area contributed by atoms with Crippen molar-refractivity contribution in [3.05, 3.63) is 132 Å². The Morgan fingerprint density at radius 3 is 1.80 bits per heavy atom. The number of esters is 1. The maximum atomic E-state index is 13.3. The van der Waals surface area contributed by atoms with Gasteiger partial charge in [-0.15, -0.1) is 0 Å². The largest absolute Gasteiger partial charge is 0.508 e. The van der Waals surface area contributed by atoms with E-state index in [1.54, 1.807) is 36.4 Å². The lowest BCUT2D eigenvalue weighted by Crippen LogP contribution is -2.61. The molecule has 0 saturated carbocycles. The summed E-state index contributed by atoms with van der Waals surface area (Å²) < 4.78 is 31.4. The number of phenolic OH excluding ortho intramolecular Hbond substituents is 1. The van der Waals surface area contributed by atoms with Crippen LogP contribution in [0.3, 0.4) is 0 Å². The Bertz CT molecular complexity index is 1330. The molecule has 1 fully saturated rings. The molecule has 0 spiro atoms. The molecule has 40 heavy (non-hydrogen) atoms. The third kappa shape index (κ3) is 7.07. The molecule has 5 atom stereocenters. The molecule has 5 rings (SSSR count). The molecule has 0 aromatic heterocycles. The third-order valence-corrected chi connectivity index (χ3v) is 6.64. The van der Waals surface area contributed by atoms with Crippen molar-refractivity contribution in [2.75, 3.05) is 0 Å². The summed E-state index contributed by atoms with van der Waals surface area (Å²) >= 11 is 0. The number of ether oxygens (including phenoxy) is 5. The van der Waals surface area contributed by atoms with Gasteiger partial charge in [0.15, 0.2) is 6.10 Å². The predicted octanol–water partition coefficient (Wildman–Crippen LogP) is 5.91. The summed E-state index contributed by atoms with van der Waals surface area (Å²) in [4.78, 5) is 13.3. The highest BCUT2D eigenvalue weighted by atomic mass is 16.7. The van der Waals surface area contributed by atoms with E-state index >= 15 is 0 Å². The van der Waals surface area contributed by atoms with Crippen LogP contribution in [0.4, 0.5) is 0 Å². The van der Waals surface area contributed by atoms with Gasteiger partial charge in [0, 0.05) is 0 Å². The van der Waals surface area contributed by atoms with Gasteiger partial charge in [0.05, 0.1) is 24.9 Å². The van der Waals surface area contributed by atoms with E-state index < -0.39 is 36.7 Å². The van der Waals surface area contributed by atoms with E-state index in [9.17, 15) is 9.90 Å². The van der Waals surface area contributed by atoms with Crippen molar-refractivity contribution in [3.63, 3.8) is 0 Å². The molecule has 1 aliphatic heterocycles. The van der Waals surface area contributed by atoms with Crippen LogP contribution in [0.15, 0.2) is 115 Å². The van der Waals surface area contributed by atoms with E-state index in [1.165, 1.54) is 12.1 Å². The first-order chi connectivity index (χ1) is 19.6. The molecule has 0 radical (unpaired) electrons. The molecule has 0 bridgehead atoms. The predicted molar refractivity (Wildman–Crippen MR) is 149 cm³/mol. The van der Waals surface area contributed by atoms with Gasteiger partial charge in [0.25, 0.3) is 0 Å². The Labute approximate surface area is 233 Å². The van der Waals surface area contributed by atoms with Crippen LogP contribution in [0.1, 0.15) is 28.4 Å². The van der Waals surface area contributed by atoms with Crippen LogP contribution in [-0.2, 0) is 32.2 Å². The maximum Gasteiger partial charge on any atom is 0.338 e. The molecular weight excluding hydrogens is 508 g/mol. The minimum Gasteiger partial charge on any atom is -0.508 e. The highest BCUT2D eigenvalue weighted by Crippen LogP contribution is 2.32. The van der Waals surface area contributed by atoms with Gasteiger partial charge < -0.3 is 28.8 Å². The highest BCUT2D eigenvalue weighted by molar-refractivity contribution is 5.89. The molecule has 1 heterocycles. The number of rotatable bonds is 10. The van der Waals surface area contributed by atoms with Crippen LogP contribution in [0.2, 0.25) is 0 Å². The van der Waals surface area contributed by atoms with Crippen molar-refractivity contribution in [2.24, 2.45) is 0 Å². The zero-order valence-corrected chi connectivity index (χ0v) is 22.2. The van der Waals surface area contributed by atoms with Gasteiger partial charge in [0.2, 0.25) is 6.29 Å². The van der Waals surface area contributed by atoms with Crippen molar-refractivity contribution in [1.29, 1.82) is 0 Å². The molecule has 0 amide bonds. The summed E-state index contributed by atoms with van der Waals surface area (Å²) in [7, 11) is 0. The average Bonchev–Trinajstić information content (AvgIpc) is 2.99. The normalized spacial score (nSPS) is 22.4. The van der Waals surface area contributed by atoms with Crippen molar-refractivity contribution in [3.8, 4) is 11.5 Å². The van der Waals surface area contributed by atoms with E-state index in [1.807, 2.05) is 73.7 Å². The second kappa shape index (κ2) is 13.3. The van der Waals surface area contributed by atoms with Crippen molar-refractivity contribution < 1.29 is 33.6 Å². The van der Waals surface area contributed by atoms with Crippen LogP contribution in [-0.4, -0.2) is 41.8 Å². The summed E-state index contributed by atoms with van der Waals surface area (Å²) in [5.41, 5.74) is 2.36. The Hall–Kier alpha value is -4.17. The van der Waals surface area contributed by atoms with Gasteiger partial charge in [-0.3, -0.25) is 0 Å². The zero-order valence-electron chi connectivity index (χ0n) is 22.2. The fourth-order valence-electron chi connectivity index (χ4n) is 4.57. The molecule has 0 unspecified atom stereocenters. The van der Waals surface area contributed by atoms with Crippen molar-refractivity contribution in [2.45, 2.75) is 50.8 Å². The Kier molecular flexibility index (Phi) is 9.08. The molecule has 0 aliphatic carbocycles. The number of aromatic hydroxyl groups is 1. The van der Waals surface area contributed by atoms with E-state index in [4.69, 9.17) is 23.7 Å². The first-order valence-corrected chi connectivity index (χ1v) is 13.2. The van der Waals surface area contributed by atoms with E-state index in [2.05, 4.69) is 0 Å². The van der Waals surface area contributed by atoms with Crippen LogP contribution >= 0.6 is 0 Å². The fraction of sp³-hybridized carbons (Fsp3) is 0.242. The van der Waals surface area contributed by atoms with Gasteiger partial charge in [-0.05, 0) is 54.4 Å². The molecule has 1 aliphatic rings. The Morgan fingerprint density at radius 2 is 1.23 bits per heavy atom. The SMILES string of the molecule is C[C@H]1O[C@@H](Oc2ccc(O)cc2)[C@H](OC(=O)c2ccccc2)[C@@H](OCc2ccccc2)[C@H]1OCc1ccccc1. The number of benzene rings is 4. The highest BCUT2D eigenvalue weighted by Gasteiger charge is 2.49. The van der Waals surface area contributed by atoms with Crippen molar-refractivity contribution in [1.82, 2.24) is 0 Å². The summed E-state index contributed by atoms with van der Waals surface area (Å²) in [6, 6.07) is 34.6. The first-order valence-electron chi connectivity index (χ1n) is 13.2. The smallest absolute Gasteiger partial charge is 0.338 e.